The van der Waals surface area contributed by atoms with Gasteiger partial charge in [0.05, 0.1) is 11.7 Å². The lowest BCUT2D eigenvalue weighted by Crippen LogP contribution is -2.49. The van der Waals surface area contributed by atoms with Crippen LogP contribution in [0.25, 0.3) is 0 Å². The van der Waals surface area contributed by atoms with Crippen molar-refractivity contribution in [3.63, 3.8) is 0 Å². The highest BCUT2D eigenvalue weighted by Gasteiger charge is 2.28. The molecule has 3 unspecified atom stereocenters. The summed E-state index contributed by atoms with van der Waals surface area (Å²) in [6.07, 6.45) is 1.58. The van der Waals surface area contributed by atoms with Gasteiger partial charge in [0.2, 0.25) is 5.91 Å². The molecule has 7 heteroatoms. The van der Waals surface area contributed by atoms with E-state index >= 15 is 0 Å². The molecule has 0 saturated carbocycles. The minimum Gasteiger partial charge on any atom is -0.433 e. The first-order valence-corrected chi connectivity index (χ1v) is 8.27. The normalized spacial score (nSPS) is 20.1. The van der Waals surface area contributed by atoms with Crippen LogP contribution >= 0.6 is 0 Å². The average molecular weight is 341 g/mol. The molecule has 1 fully saturated rings. The smallest absolute Gasteiger partial charge is 0.387 e. The standard InChI is InChI=1S/C17H25F2N3O2/c1-3-11(2)15(20)16(23)21-12-8-9-22(10-12)13-6-4-5-7-14(13)24-17(18)19/h4-7,11-12,15,17H,3,8-10,20H2,1-2H3,(H,21,23). The van der Waals surface area contributed by atoms with Crippen LogP contribution in [0.4, 0.5) is 14.5 Å². The Hall–Kier alpha value is -1.89. The summed E-state index contributed by atoms with van der Waals surface area (Å²) in [7, 11) is 0. The molecular weight excluding hydrogens is 316 g/mol. The van der Waals surface area contributed by atoms with Crippen molar-refractivity contribution in [2.24, 2.45) is 11.7 Å². The zero-order chi connectivity index (χ0) is 17.7. The Morgan fingerprint density at radius 1 is 1.46 bits per heavy atom. The Balaban J connectivity index is 1.97. The van der Waals surface area contributed by atoms with Crippen LogP contribution < -0.4 is 20.7 Å². The van der Waals surface area contributed by atoms with Crippen molar-refractivity contribution in [1.82, 2.24) is 5.32 Å². The van der Waals surface area contributed by atoms with Crippen LogP contribution in [0, 0.1) is 5.92 Å². The summed E-state index contributed by atoms with van der Waals surface area (Å²) in [4.78, 5) is 14.1. The second kappa shape index (κ2) is 8.28. The lowest BCUT2D eigenvalue weighted by molar-refractivity contribution is -0.124. The number of hydrogen-bond donors (Lipinski definition) is 2. The molecule has 1 aliphatic heterocycles. The van der Waals surface area contributed by atoms with E-state index in [2.05, 4.69) is 10.1 Å². The number of anilines is 1. The van der Waals surface area contributed by atoms with Crippen molar-refractivity contribution in [1.29, 1.82) is 0 Å². The van der Waals surface area contributed by atoms with Crippen molar-refractivity contribution in [3.05, 3.63) is 24.3 Å². The summed E-state index contributed by atoms with van der Waals surface area (Å²) in [5, 5.41) is 2.96. The molecule has 0 radical (unpaired) electrons. The Kier molecular flexibility index (Phi) is 6.36. The number of benzene rings is 1. The number of nitrogens with two attached hydrogens (primary N) is 1. The Bertz CT molecular complexity index is 556. The number of nitrogens with one attached hydrogen (secondary N) is 1. The number of hydrogen-bond acceptors (Lipinski definition) is 4. The third-order valence-corrected chi connectivity index (χ3v) is 4.52. The zero-order valence-corrected chi connectivity index (χ0v) is 14.0. The fraction of sp³-hybridized carbons (Fsp3) is 0.588. The monoisotopic (exact) mass is 341 g/mol. The predicted octanol–water partition coefficient (Wildman–Crippen LogP) is 2.36. The Morgan fingerprint density at radius 3 is 2.83 bits per heavy atom. The highest BCUT2D eigenvalue weighted by molar-refractivity contribution is 5.82. The molecule has 1 aromatic rings. The van der Waals surface area contributed by atoms with Crippen molar-refractivity contribution in [3.8, 4) is 5.75 Å². The van der Waals surface area contributed by atoms with Gasteiger partial charge in [0.15, 0.2) is 0 Å². The molecule has 0 bridgehead atoms. The second-order valence-corrected chi connectivity index (χ2v) is 6.20. The number of amides is 1. The van der Waals surface area contributed by atoms with Crippen LogP contribution in [0.2, 0.25) is 0 Å². The van der Waals surface area contributed by atoms with Crippen LogP contribution in [-0.4, -0.2) is 37.7 Å². The largest absolute Gasteiger partial charge is 0.433 e. The van der Waals surface area contributed by atoms with E-state index in [0.717, 1.165) is 12.8 Å². The maximum absolute atomic E-state index is 12.5. The Morgan fingerprint density at radius 2 is 2.17 bits per heavy atom. The van der Waals surface area contributed by atoms with Gasteiger partial charge in [0.1, 0.15) is 5.75 Å². The summed E-state index contributed by atoms with van der Waals surface area (Å²) in [5.41, 5.74) is 6.56. The van der Waals surface area contributed by atoms with E-state index in [1.165, 1.54) is 6.07 Å². The highest BCUT2D eigenvalue weighted by atomic mass is 19.3. The maximum atomic E-state index is 12.5. The maximum Gasteiger partial charge on any atom is 0.387 e. The molecule has 0 spiro atoms. The van der Waals surface area contributed by atoms with Crippen molar-refractivity contribution in [2.75, 3.05) is 18.0 Å². The first-order chi connectivity index (χ1) is 11.4. The van der Waals surface area contributed by atoms with Crippen molar-refractivity contribution < 1.29 is 18.3 Å². The molecule has 1 aromatic carbocycles. The second-order valence-electron chi connectivity index (χ2n) is 6.20. The number of ether oxygens (including phenoxy) is 1. The molecule has 3 N–H and O–H groups in total. The molecule has 1 aliphatic rings. The van der Waals surface area contributed by atoms with Crippen molar-refractivity contribution >= 4 is 11.6 Å². The highest BCUT2D eigenvalue weighted by Crippen LogP contribution is 2.31. The van der Waals surface area contributed by atoms with Crippen LogP contribution in [0.5, 0.6) is 5.75 Å². The van der Waals surface area contributed by atoms with E-state index in [9.17, 15) is 13.6 Å². The Labute approximate surface area is 141 Å². The summed E-state index contributed by atoms with van der Waals surface area (Å²) in [6.45, 7) is 2.28. The van der Waals surface area contributed by atoms with E-state index in [-0.39, 0.29) is 23.6 Å². The molecule has 0 aromatic heterocycles. The third-order valence-electron chi connectivity index (χ3n) is 4.52. The molecule has 1 saturated heterocycles. The van der Waals surface area contributed by atoms with Crippen LogP contribution in [0.15, 0.2) is 24.3 Å². The fourth-order valence-electron chi connectivity index (χ4n) is 2.82. The quantitative estimate of drug-likeness (QED) is 0.799. The predicted molar refractivity (Wildman–Crippen MR) is 89.3 cm³/mol. The minimum atomic E-state index is -2.86. The summed E-state index contributed by atoms with van der Waals surface area (Å²) >= 11 is 0. The first kappa shape index (κ1) is 18.4. The number of para-hydroxylation sites is 2. The molecule has 3 atom stereocenters. The van der Waals surface area contributed by atoms with Gasteiger partial charge in [-0.3, -0.25) is 4.79 Å². The zero-order valence-electron chi connectivity index (χ0n) is 14.0. The summed E-state index contributed by atoms with van der Waals surface area (Å²) in [6, 6.07) is 6.12. The number of halogens is 2. The number of carbonyl (C=O) groups excluding carboxylic acids is 1. The number of nitrogens with zero attached hydrogens (tertiary/aromatic N) is 1. The van der Waals surface area contributed by atoms with E-state index in [4.69, 9.17) is 5.73 Å². The lowest BCUT2D eigenvalue weighted by atomic mass is 9.99. The molecule has 1 heterocycles. The first-order valence-electron chi connectivity index (χ1n) is 8.27. The summed E-state index contributed by atoms with van der Waals surface area (Å²) in [5.74, 6) is 0.103. The van der Waals surface area contributed by atoms with Crippen LogP contribution in [0.3, 0.4) is 0 Å². The minimum absolute atomic E-state index is 0.0489. The fourth-order valence-corrected chi connectivity index (χ4v) is 2.82. The van der Waals surface area contributed by atoms with E-state index in [0.29, 0.717) is 18.8 Å². The number of carbonyl (C=O) groups is 1. The van der Waals surface area contributed by atoms with Gasteiger partial charge in [-0.1, -0.05) is 32.4 Å². The van der Waals surface area contributed by atoms with Crippen molar-refractivity contribution in [2.45, 2.75) is 45.4 Å². The molecule has 2 rings (SSSR count). The van der Waals surface area contributed by atoms with Gasteiger partial charge in [0.25, 0.3) is 0 Å². The number of rotatable bonds is 7. The summed E-state index contributed by atoms with van der Waals surface area (Å²) < 4.78 is 29.6. The average Bonchev–Trinajstić information content (AvgIpc) is 3.01. The van der Waals surface area contributed by atoms with Gasteiger partial charge in [-0.15, -0.1) is 0 Å². The SMILES string of the molecule is CCC(C)C(N)C(=O)NC1CCN(c2ccccc2OC(F)F)C1. The third kappa shape index (κ3) is 4.56. The lowest BCUT2D eigenvalue weighted by Gasteiger charge is -2.23. The molecular formula is C17H25F2N3O2. The van der Waals surface area contributed by atoms with Gasteiger partial charge in [-0.2, -0.15) is 8.78 Å². The van der Waals surface area contributed by atoms with Gasteiger partial charge < -0.3 is 20.7 Å². The topological polar surface area (TPSA) is 67.6 Å². The van der Waals surface area contributed by atoms with Gasteiger partial charge in [-0.25, -0.2) is 0 Å². The number of alkyl halides is 2. The van der Waals surface area contributed by atoms with Gasteiger partial charge >= 0.3 is 6.61 Å². The van der Waals surface area contributed by atoms with E-state index in [1.807, 2.05) is 18.7 Å². The van der Waals surface area contributed by atoms with Crippen LogP contribution in [-0.2, 0) is 4.79 Å². The molecule has 24 heavy (non-hydrogen) atoms. The molecule has 134 valence electrons. The van der Waals surface area contributed by atoms with Gasteiger partial charge in [0, 0.05) is 19.1 Å². The van der Waals surface area contributed by atoms with E-state index < -0.39 is 12.7 Å². The van der Waals surface area contributed by atoms with Crippen LogP contribution in [0.1, 0.15) is 26.7 Å². The molecule has 0 aliphatic carbocycles. The molecule has 1 amide bonds. The molecule has 5 nitrogen and oxygen atoms in total. The van der Waals surface area contributed by atoms with E-state index in [1.54, 1.807) is 18.2 Å². The van der Waals surface area contributed by atoms with Gasteiger partial charge in [-0.05, 0) is 24.5 Å².